The van der Waals surface area contributed by atoms with E-state index in [2.05, 4.69) is 47.3 Å². The summed E-state index contributed by atoms with van der Waals surface area (Å²) in [6.45, 7) is 12.2. The first-order chi connectivity index (χ1) is 33.8. The van der Waals surface area contributed by atoms with E-state index in [1.165, 1.54) is 23.6 Å². The fourth-order valence-corrected chi connectivity index (χ4v) is 11.5. The number of benzene rings is 2. The molecule has 9 rings (SSSR count). The van der Waals surface area contributed by atoms with Crippen molar-refractivity contribution in [1.82, 2.24) is 49.0 Å². The van der Waals surface area contributed by atoms with Gasteiger partial charge in [-0.3, -0.25) is 24.5 Å². The standard InChI is InChI=1S/C26H31N5O4S.C24H29N5O4S/c1-19-24(18-36(33,34)31-14-12-30(13-15-31)21-7-4-8-21)29-26(35-19)23-10-3-2-9-22(23)25(32)28-17-20-6-5-11-27-16-20;1-3-28-11-13-29(14-12-28)34(31,32)17-22-18(2)33-24(27-22)21-8-6-20(7-9-21)23(30)26-16-19-5-4-10-25-15-19/h2-3,5-6,9-11,16,21H,4,7-8,12-15,17-18H2,1H3,(H,28,32);4-10,15H,3,11-14,16-17H2,1-2H3,(H,26,30). The summed E-state index contributed by atoms with van der Waals surface area (Å²) in [6, 6.07) is 21.9. The van der Waals surface area contributed by atoms with Gasteiger partial charge >= 0.3 is 0 Å². The summed E-state index contributed by atoms with van der Waals surface area (Å²) in [7, 11) is -7.01. The van der Waals surface area contributed by atoms with Gasteiger partial charge in [0, 0.05) is 113 Å². The van der Waals surface area contributed by atoms with Gasteiger partial charge in [-0.15, -0.1) is 0 Å². The summed E-state index contributed by atoms with van der Waals surface area (Å²) in [5, 5.41) is 5.75. The van der Waals surface area contributed by atoms with Crippen molar-refractivity contribution in [3.63, 3.8) is 0 Å². The smallest absolute Gasteiger partial charge is 0.252 e. The normalized spacial score (nSPS) is 16.5. The van der Waals surface area contributed by atoms with Crippen molar-refractivity contribution in [3.8, 4) is 22.9 Å². The predicted molar refractivity (Wildman–Crippen MR) is 264 cm³/mol. The van der Waals surface area contributed by atoms with Crippen LogP contribution in [0.1, 0.15) is 80.9 Å². The molecule has 2 saturated heterocycles. The maximum absolute atomic E-state index is 13.2. The van der Waals surface area contributed by atoms with E-state index in [-0.39, 0.29) is 29.2 Å². The number of amides is 2. The van der Waals surface area contributed by atoms with Crippen LogP contribution in [0.15, 0.2) is 106 Å². The van der Waals surface area contributed by atoms with Crippen molar-refractivity contribution in [2.45, 2.75) is 70.7 Å². The van der Waals surface area contributed by atoms with E-state index in [1.54, 1.807) is 91.5 Å². The van der Waals surface area contributed by atoms with Crippen molar-refractivity contribution in [3.05, 3.63) is 143 Å². The molecule has 20 heteroatoms. The maximum Gasteiger partial charge on any atom is 0.252 e. The topological polar surface area (TPSA) is 217 Å². The molecule has 0 unspecified atom stereocenters. The highest BCUT2D eigenvalue weighted by Gasteiger charge is 2.34. The number of likely N-dealkylation sites (N-methyl/N-ethyl adjacent to an activating group) is 1. The van der Waals surface area contributed by atoms with E-state index in [1.807, 2.05) is 24.3 Å². The number of piperazine rings is 2. The zero-order valence-corrected chi connectivity index (χ0v) is 41.4. The average molecular weight is 993 g/mol. The Bertz CT molecular complexity index is 2930. The Morgan fingerprint density at radius 1 is 0.643 bits per heavy atom. The molecule has 2 aromatic carbocycles. The molecule has 4 aromatic heterocycles. The van der Waals surface area contributed by atoms with Gasteiger partial charge in [-0.1, -0.05) is 37.6 Å². The molecule has 0 radical (unpaired) electrons. The number of nitrogens with zero attached hydrogens (tertiary/aromatic N) is 8. The monoisotopic (exact) mass is 992 g/mol. The number of pyridine rings is 2. The number of aromatic nitrogens is 4. The lowest BCUT2D eigenvalue weighted by Crippen LogP contribution is -2.53. The lowest BCUT2D eigenvalue weighted by atomic mass is 9.91. The Kier molecular flexibility index (Phi) is 16.3. The van der Waals surface area contributed by atoms with Crippen molar-refractivity contribution < 1.29 is 35.3 Å². The van der Waals surface area contributed by atoms with E-state index in [0.717, 1.165) is 43.9 Å². The van der Waals surface area contributed by atoms with E-state index >= 15 is 0 Å². The van der Waals surface area contributed by atoms with Gasteiger partial charge in [-0.05, 0) is 92.9 Å². The number of carbonyl (C=O) groups is 2. The molecule has 6 heterocycles. The zero-order chi connectivity index (χ0) is 49.3. The third-order valence-corrected chi connectivity index (χ3v) is 16.6. The highest BCUT2D eigenvalue weighted by molar-refractivity contribution is 7.88. The van der Waals surface area contributed by atoms with Gasteiger partial charge in [-0.2, -0.15) is 8.61 Å². The molecule has 6 aromatic rings. The van der Waals surface area contributed by atoms with E-state index < -0.39 is 20.0 Å². The first-order valence-electron chi connectivity index (χ1n) is 23.6. The van der Waals surface area contributed by atoms with Crippen LogP contribution in [0.2, 0.25) is 0 Å². The lowest BCUT2D eigenvalue weighted by molar-refractivity contribution is 0.0888. The van der Waals surface area contributed by atoms with Crippen molar-refractivity contribution in [2.24, 2.45) is 0 Å². The Hall–Kier alpha value is -6.16. The van der Waals surface area contributed by atoms with Crippen LogP contribution in [-0.2, 0) is 44.6 Å². The van der Waals surface area contributed by atoms with E-state index in [4.69, 9.17) is 8.83 Å². The molecule has 2 N–H and O–H groups in total. The van der Waals surface area contributed by atoms with Crippen LogP contribution in [0.4, 0.5) is 0 Å². The van der Waals surface area contributed by atoms with Crippen molar-refractivity contribution >= 4 is 31.9 Å². The van der Waals surface area contributed by atoms with Crippen LogP contribution in [0, 0.1) is 13.8 Å². The summed E-state index contributed by atoms with van der Waals surface area (Å²) in [5.74, 6) is 0.597. The minimum atomic E-state index is -3.53. The van der Waals surface area contributed by atoms with Gasteiger partial charge in [0.1, 0.15) is 23.0 Å². The molecule has 0 spiro atoms. The summed E-state index contributed by atoms with van der Waals surface area (Å²) < 4.78 is 66.9. The minimum absolute atomic E-state index is 0.191. The van der Waals surface area contributed by atoms with Crippen LogP contribution in [0.3, 0.4) is 0 Å². The number of carbonyl (C=O) groups excluding carboxylic acids is 2. The molecule has 0 atom stereocenters. The zero-order valence-electron chi connectivity index (χ0n) is 39.8. The molecular weight excluding hydrogens is 933 g/mol. The Morgan fingerprint density at radius 2 is 1.17 bits per heavy atom. The summed E-state index contributed by atoms with van der Waals surface area (Å²) in [4.78, 5) is 47.1. The van der Waals surface area contributed by atoms with Crippen LogP contribution < -0.4 is 10.6 Å². The van der Waals surface area contributed by atoms with Crippen molar-refractivity contribution in [2.75, 3.05) is 58.9 Å². The second kappa shape index (κ2) is 22.7. The van der Waals surface area contributed by atoms with Crippen molar-refractivity contribution in [1.29, 1.82) is 0 Å². The van der Waals surface area contributed by atoms with E-state index in [9.17, 15) is 26.4 Å². The Labute approximate surface area is 409 Å². The molecule has 2 aliphatic heterocycles. The summed E-state index contributed by atoms with van der Waals surface area (Å²) in [5.41, 5.74) is 4.68. The van der Waals surface area contributed by atoms with Gasteiger partial charge in [0.05, 0.1) is 17.0 Å². The molecule has 2 amide bonds. The van der Waals surface area contributed by atoms with Crippen LogP contribution >= 0.6 is 0 Å². The highest BCUT2D eigenvalue weighted by Crippen LogP contribution is 2.29. The summed E-state index contributed by atoms with van der Waals surface area (Å²) in [6.07, 6.45) is 10.5. The number of sulfonamides is 2. The fraction of sp³-hybridized carbons (Fsp3) is 0.400. The van der Waals surface area contributed by atoms with Gasteiger partial charge < -0.3 is 24.4 Å². The largest absolute Gasteiger partial charge is 0.441 e. The molecular formula is C50H60N10O8S2. The van der Waals surface area contributed by atoms with Crippen LogP contribution in [0.25, 0.3) is 22.9 Å². The molecule has 1 saturated carbocycles. The molecule has 0 bridgehead atoms. The molecule has 1 aliphatic carbocycles. The van der Waals surface area contributed by atoms with Gasteiger partial charge in [-0.25, -0.2) is 26.8 Å². The Balaban J connectivity index is 0.000000189. The number of hydrogen-bond acceptors (Lipinski definition) is 14. The number of nitrogens with one attached hydrogen (secondary N) is 2. The quantitative estimate of drug-likeness (QED) is 0.124. The predicted octanol–water partition coefficient (Wildman–Crippen LogP) is 5.42. The number of hydrogen-bond donors (Lipinski definition) is 2. The lowest BCUT2D eigenvalue weighted by Gasteiger charge is -2.42. The van der Waals surface area contributed by atoms with Crippen LogP contribution in [-0.4, -0.2) is 132 Å². The number of aryl methyl sites for hydroxylation is 2. The minimum Gasteiger partial charge on any atom is -0.441 e. The molecule has 70 heavy (non-hydrogen) atoms. The molecule has 3 aliphatic rings. The van der Waals surface area contributed by atoms with Gasteiger partial charge in [0.25, 0.3) is 11.8 Å². The highest BCUT2D eigenvalue weighted by atomic mass is 32.2. The molecule has 370 valence electrons. The Morgan fingerprint density at radius 3 is 1.70 bits per heavy atom. The first kappa shape index (κ1) is 50.2. The summed E-state index contributed by atoms with van der Waals surface area (Å²) >= 11 is 0. The van der Waals surface area contributed by atoms with Gasteiger partial charge in [0.2, 0.25) is 31.8 Å². The maximum atomic E-state index is 13.2. The molecule has 3 fully saturated rings. The number of oxazole rings is 2. The van der Waals surface area contributed by atoms with E-state index in [0.29, 0.717) is 96.4 Å². The molecule has 18 nitrogen and oxygen atoms in total. The second-order valence-corrected chi connectivity index (χ2v) is 21.6. The number of rotatable bonds is 16. The third kappa shape index (κ3) is 12.6. The van der Waals surface area contributed by atoms with Crippen LogP contribution in [0.5, 0.6) is 0 Å². The average Bonchev–Trinajstić information content (AvgIpc) is 3.92. The van der Waals surface area contributed by atoms with Gasteiger partial charge in [0.15, 0.2) is 0 Å². The second-order valence-electron chi connectivity index (χ2n) is 17.6. The third-order valence-electron chi connectivity index (χ3n) is 13.0. The SMILES string of the molecule is CCN1CCN(S(=O)(=O)Cc2nc(-c3ccc(C(=O)NCc4cccnc4)cc3)oc2C)CC1.Cc1oc(-c2ccccc2C(=O)NCc2cccnc2)nc1CS(=O)(=O)N1CCN(C2CCC2)CC1. The first-order valence-corrected chi connectivity index (χ1v) is 26.9. The fourth-order valence-electron chi connectivity index (χ4n) is 8.51.